The Hall–Kier alpha value is -0.658. The summed E-state index contributed by atoms with van der Waals surface area (Å²) >= 11 is 0. The van der Waals surface area contributed by atoms with E-state index in [9.17, 15) is 22.8 Å². The second-order valence-corrected chi connectivity index (χ2v) is 6.92. The zero-order valence-corrected chi connectivity index (χ0v) is 25.4. The van der Waals surface area contributed by atoms with E-state index in [1.54, 1.807) is 4.90 Å². The van der Waals surface area contributed by atoms with E-state index in [4.69, 9.17) is 4.79 Å². The Morgan fingerprint density at radius 3 is 2.16 bits per heavy atom. The molecule has 3 rings (SSSR count). The number of nitrogens with one attached hydrogen (secondary N) is 1. The van der Waals surface area contributed by atoms with Crippen LogP contribution in [0.15, 0.2) is 18.2 Å². The normalized spacial score (nSPS) is 13.6. The molecule has 0 unspecified atom stereocenters. The number of nitrogens with two attached hydrogens (primary N) is 1. The van der Waals surface area contributed by atoms with E-state index in [1.165, 1.54) is 44.9 Å². The van der Waals surface area contributed by atoms with E-state index in [0.717, 1.165) is 11.6 Å². The van der Waals surface area contributed by atoms with Crippen LogP contribution in [0.2, 0.25) is 0 Å². The third-order valence-electron chi connectivity index (χ3n) is 4.48. The van der Waals surface area contributed by atoms with Crippen molar-refractivity contribution in [1.82, 2.24) is 10.2 Å². The average Bonchev–Trinajstić information content (AvgIpc) is 3.57. The van der Waals surface area contributed by atoms with E-state index in [0.29, 0.717) is 37.9 Å². The van der Waals surface area contributed by atoms with Crippen molar-refractivity contribution < 1.29 is 96.4 Å². The van der Waals surface area contributed by atoms with Gasteiger partial charge in [0.1, 0.15) is 0 Å². The number of hydrogen-bond acceptors (Lipinski definition) is 3. The molecule has 1 aliphatic heterocycles. The fourth-order valence-corrected chi connectivity index (χ4v) is 2.74. The monoisotopic (exact) mass is 576 g/mol. The first-order chi connectivity index (χ1) is 14.2. The predicted molar refractivity (Wildman–Crippen MR) is 114 cm³/mol. The van der Waals surface area contributed by atoms with Gasteiger partial charge in [0.15, 0.2) is 0 Å². The number of hydrogen-bond donors (Lipinski definition) is 2. The van der Waals surface area contributed by atoms with Gasteiger partial charge < -0.3 is 34.6 Å². The molecule has 176 valence electrons. The Kier molecular flexibility index (Phi) is 18.6. The van der Waals surface area contributed by atoms with E-state index < -0.39 is 11.7 Å². The van der Waals surface area contributed by atoms with Crippen molar-refractivity contribution in [1.29, 1.82) is 0 Å². The van der Waals surface area contributed by atoms with Gasteiger partial charge in [0, 0.05) is 26.6 Å². The van der Waals surface area contributed by atoms with Gasteiger partial charge in [-0.25, -0.2) is 0 Å². The Labute approximate surface area is 247 Å². The van der Waals surface area contributed by atoms with Gasteiger partial charge in [-0.2, -0.15) is 19.6 Å². The summed E-state index contributed by atoms with van der Waals surface area (Å²) in [5, 5.41) is 2.45. The van der Waals surface area contributed by atoms with Crippen LogP contribution in [0.25, 0.3) is 0 Å². The summed E-state index contributed by atoms with van der Waals surface area (Å²) in [7, 11) is 1.52. The first-order valence-corrected chi connectivity index (χ1v) is 9.90. The minimum atomic E-state index is -4.35. The summed E-state index contributed by atoms with van der Waals surface area (Å²) in [5.41, 5.74) is 5.02. The molecule has 3 N–H and O–H groups in total. The van der Waals surface area contributed by atoms with Crippen LogP contribution in [-0.2, 0) is 33.4 Å². The third-order valence-corrected chi connectivity index (χ3v) is 4.48. The van der Waals surface area contributed by atoms with Crippen LogP contribution >= 0.6 is 0 Å². The van der Waals surface area contributed by atoms with Gasteiger partial charge >= 0.3 is 75.1 Å². The molecule has 0 atom stereocenters. The maximum absolute atomic E-state index is 12.8. The van der Waals surface area contributed by atoms with Crippen molar-refractivity contribution in [3.63, 3.8) is 0 Å². The molecule has 0 spiro atoms. The number of nitrogens with zero attached hydrogens (tertiary/aromatic N) is 1. The average molecular weight is 576 g/mol. The Balaban J connectivity index is 0. The fraction of sp³-hybridized carbons (Fsp3) is 0.500. The largest absolute Gasteiger partial charge is 1.00 e. The smallest absolute Gasteiger partial charge is 0.384 e. The molecule has 0 saturated heterocycles. The maximum atomic E-state index is 12.8. The van der Waals surface area contributed by atoms with E-state index in [1.807, 2.05) is 0 Å². The molecule has 2 aliphatic rings. The third kappa shape index (κ3) is 13.8. The molecule has 1 aliphatic carbocycles. The summed E-state index contributed by atoms with van der Waals surface area (Å²) in [6, 6.07) is 3.78. The minimum Gasteiger partial charge on any atom is -0.384 e. The van der Waals surface area contributed by atoms with Crippen LogP contribution in [0.3, 0.4) is 0 Å². The van der Waals surface area contributed by atoms with Gasteiger partial charge in [-0.3, -0.25) is 9.59 Å². The standard InChI is InChI=1S/C17H20F3N2O2.C3H6.CH3NO.CH3.Cs/c1-21-15(23)3-2-4-16(24)22-9-7-12-5-6-14(17(18,19)20)11-13(12)8-10-22;1-2-3-1;2-1-3;;/h3,5-6,11H,2,4,7-10H2,1H3,(H,21,23);1-3H2;1H,(H2,2,3);1H3;/q-1;;;-1;+1. The maximum Gasteiger partial charge on any atom is 1.00 e. The van der Waals surface area contributed by atoms with Crippen molar-refractivity contribution in [2.45, 2.75) is 51.1 Å². The summed E-state index contributed by atoms with van der Waals surface area (Å²) in [6.07, 6.45) is 3.33. The van der Waals surface area contributed by atoms with E-state index >= 15 is 0 Å². The van der Waals surface area contributed by atoms with Crippen molar-refractivity contribution in [2.24, 2.45) is 5.73 Å². The fourth-order valence-electron chi connectivity index (χ4n) is 2.74. The zero-order chi connectivity index (χ0) is 22.6. The quantitative estimate of drug-likeness (QED) is 0.394. The number of fused-ring (bicyclic) bond motifs is 1. The second-order valence-electron chi connectivity index (χ2n) is 6.92. The molecule has 0 radical (unpaired) electrons. The van der Waals surface area contributed by atoms with Gasteiger partial charge in [-0.1, -0.05) is 25.3 Å². The molecule has 3 amide bonds. The molecule has 10 heteroatoms. The topological polar surface area (TPSA) is 92.5 Å². The van der Waals surface area contributed by atoms with Gasteiger partial charge in [-0.05, 0) is 36.1 Å². The number of carbonyl (C=O) groups is 3. The number of halogens is 3. The molecule has 1 aromatic carbocycles. The van der Waals surface area contributed by atoms with Crippen LogP contribution in [0.4, 0.5) is 13.2 Å². The van der Waals surface area contributed by atoms with Crippen LogP contribution in [0, 0.1) is 13.8 Å². The SMILES string of the molecule is C1CC1.CNC(=O)[CH-]CCC(=O)N1CCc2ccc(C(F)(F)F)cc2CC1.NC=O.[CH3-].[Cs+]. The molecule has 1 heterocycles. The zero-order valence-electron chi connectivity index (χ0n) is 19.1. The van der Waals surface area contributed by atoms with Gasteiger partial charge in [0.25, 0.3) is 0 Å². The van der Waals surface area contributed by atoms with E-state index in [-0.39, 0.29) is 101 Å². The number of alkyl halides is 3. The molecule has 1 saturated carbocycles. The molecule has 0 aromatic heterocycles. The summed E-state index contributed by atoms with van der Waals surface area (Å²) in [4.78, 5) is 33.5. The van der Waals surface area contributed by atoms with Crippen molar-refractivity contribution in [3.05, 3.63) is 48.7 Å². The molecule has 1 fully saturated rings. The Morgan fingerprint density at radius 1 is 1.16 bits per heavy atom. The molecule has 0 bridgehead atoms. The first-order valence-electron chi connectivity index (χ1n) is 9.90. The number of primary amides is 1. The number of rotatable bonds is 4. The van der Waals surface area contributed by atoms with Gasteiger partial charge in [-0.15, -0.1) is 0 Å². The van der Waals surface area contributed by atoms with Crippen LogP contribution in [0.1, 0.15) is 48.8 Å². The van der Waals surface area contributed by atoms with Crippen molar-refractivity contribution in [2.75, 3.05) is 20.1 Å². The molecular formula is C22H32CsF3N3O3-. The molecular weight excluding hydrogens is 544 g/mol. The Morgan fingerprint density at radius 2 is 1.69 bits per heavy atom. The first kappa shape index (κ1) is 33.5. The number of amides is 3. The summed E-state index contributed by atoms with van der Waals surface area (Å²) in [5.74, 6) is -0.315. The number of carbonyl (C=O) groups excluding carboxylic acids is 3. The van der Waals surface area contributed by atoms with Crippen LogP contribution in [0.5, 0.6) is 0 Å². The van der Waals surface area contributed by atoms with Crippen molar-refractivity contribution >= 4 is 18.2 Å². The second kappa shape index (κ2) is 17.8. The molecule has 32 heavy (non-hydrogen) atoms. The predicted octanol–water partition coefficient (Wildman–Crippen LogP) is 0.0892. The summed E-state index contributed by atoms with van der Waals surface area (Å²) in [6.45, 7) is 0.879. The van der Waals surface area contributed by atoms with Gasteiger partial charge in [0.2, 0.25) is 12.3 Å². The van der Waals surface area contributed by atoms with Gasteiger partial charge in [0.05, 0.1) is 11.5 Å². The number of benzene rings is 1. The minimum absolute atomic E-state index is 0. The Bertz CT molecular complexity index is 711. The molecule has 1 aromatic rings. The van der Waals surface area contributed by atoms with Crippen LogP contribution < -0.4 is 79.9 Å². The van der Waals surface area contributed by atoms with Crippen molar-refractivity contribution in [3.8, 4) is 0 Å². The summed E-state index contributed by atoms with van der Waals surface area (Å²) < 4.78 is 38.4. The van der Waals surface area contributed by atoms with Crippen LogP contribution in [-0.4, -0.2) is 43.3 Å². The molecule has 6 nitrogen and oxygen atoms in total. The van der Waals surface area contributed by atoms with E-state index in [2.05, 4.69) is 11.1 Å².